The molecule has 0 radical (unpaired) electrons. The maximum absolute atomic E-state index is 13.0. The van der Waals surface area contributed by atoms with Gasteiger partial charge in [0.2, 0.25) is 15.9 Å². The first-order valence-corrected chi connectivity index (χ1v) is 8.43. The second-order valence-electron chi connectivity index (χ2n) is 4.50. The third kappa shape index (κ3) is 4.58. The van der Waals surface area contributed by atoms with Crippen LogP contribution < -0.4 is 10.5 Å². The molecule has 0 unspecified atom stereocenters. The van der Waals surface area contributed by atoms with Crippen molar-refractivity contribution in [1.29, 1.82) is 0 Å². The van der Waals surface area contributed by atoms with Crippen molar-refractivity contribution in [2.45, 2.75) is 17.2 Å². The molecular weight excluding hydrogens is 334 g/mol. The van der Waals surface area contributed by atoms with E-state index in [9.17, 15) is 22.0 Å². The molecule has 1 heterocycles. The Bertz CT molecular complexity index is 783. The summed E-state index contributed by atoms with van der Waals surface area (Å²) >= 11 is 0.901. The fourth-order valence-electron chi connectivity index (χ4n) is 1.74. The first-order chi connectivity index (χ1) is 10.2. The normalized spacial score (nSPS) is 11.4. The van der Waals surface area contributed by atoms with Gasteiger partial charge in [-0.25, -0.2) is 22.3 Å². The first kappa shape index (κ1) is 16.5. The Morgan fingerprint density at radius 1 is 1.18 bits per heavy atom. The van der Waals surface area contributed by atoms with Crippen LogP contribution in [0, 0.1) is 11.6 Å². The van der Waals surface area contributed by atoms with Crippen LogP contribution >= 0.6 is 11.3 Å². The lowest BCUT2D eigenvalue weighted by molar-refractivity contribution is -0.120. The fourth-order valence-corrected chi connectivity index (χ4v) is 3.52. The number of nitrogens with one attached hydrogen (secondary N) is 1. The highest BCUT2D eigenvalue weighted by atomic mass is 32.2. The van der Waals surface area contributed by atoms with Crippen molar-refractivity contribution in [3.8, 4) is 0 Å². The molecule has 2 rings (SSSR count). The Kier molecular flexibility index (Phi) is 4.89. The quantitative estimate of drug-likeness (QED) is 0.860. The van der Waals surface area contributed by atoms with Gasteiger partial charge in [0.1, 0.15) is 15.8 Å². The number of carbonyl (C=O) groups excluding carboxylic acids is 1. The number of sulfonamides is 1. The summed E-state index contributed by atoms with van der Waals surface area (Å²) in [7, 11) is -3.78. The molecule has 0 saturated heterocycles. The predicted octanol–water partition coefficient (Wildman–Crippen LogP) is 1.53. The van der Waals surface area contributed by atoms with Crippen molar-refractivity contribution >= 4 is 27.3 Å². The molecule has 0 aliphatic rings. The van der Waals surface area contributed by atoms with Gasteiger partial charge in [-0.2, -0.15) is 0 Å². The molecule has 0 bridgehead atoms. The Hall–Kier alpha value is -1.84. The van der Waals surface area contributed by atoms with Gasteiger partial charge in [-0.1, -0.05) is 0 Å². The van der Waals surface area contributed by atoms with Crippen molar-refractivity contribution in [3.05, 3.63) is 52.4 Å². The maximum atomic E-state index is 13.0. The summed E-state index contributed by atoms with van der Waals surface area (Å²) in [6, 6.07) is 5.80. The second-order valence-corrected chi connectivity index (χ2v) is 7.45. The standard InChI is InChI=1S/C13H12F2N2O3S2/c14-9-3-8(4-10(15)5-9)7-17-12(18)6-11-1-2-13(21-11)22(16,19)20/h1-5H,6-7H2,(H,17,18)(H2,16,19,20). The van der Waals surface area contributed by atoms with Gasteiger partial charge in [-0.05, 0) is 29.8 Å². The van der Waals surface area contributed by atoms with Crippen LogP contribution in [0.25, 0.3) is 0 Å². The Morgan fingerprint density at radius 2 is 1.82 bits per heavy atom. The van der Waals surface area contributed by atoms with Crippen molar-refractivity contribution in [3.63, 3.8) is 0 Å². The molecule has 0 atom stereocenters. The summed E-state index contributed by atoms with van der Waals surface area (Å²) in [6.07, 6.45) is -0.0437. The lowest BCUT2D eigenvalue weighted by Crippen LogP contribution is -2.24. The number of halogens is 2. The molecular formula is C13H12F2N2O3S2. The van der Waals surface area contributed by atoms with E-state index in [0.717, 1.165) is 29.5 Å². The molecule has 9 heteroatoms. The van der Waals surface area contributed by atoms with Crippen molar-refractivity contribution in [2.24, 2.45) is 5.14 Å². The molecule has 0 aliphatic heterocycles. The van der Waals surface area contributed by atoms with E-state index in [-0.39, 0.29) is 17.2 Å². The Labute approximate surface area is 129 Å². The molecule has 0 saturated carbocycles. The van der Waals surface area contributed by atoms with Gasteiger partial charge in [-0.3, -0.25) is 4.79 Å². The van der Waals surface area contributed by atoms with Crippen LogP contribution in [0.15, 0.2) is 34.5 Å². The maximum Gasteiger partial charge on any atom is 0.247 e. The number of benzene rings is 1. The van der Waals surface area contributed by atoms with E-state index in [0.29, 0.717) is 10.4 Å². The minimum absolute atomic E-state index is 0.0255. The molecule has 0 aliphatic carbocycles. The fraction of sp³-hybridized carbons (Fsp3) is 0.154. The highest BCUT2D eigenvalue weighted by Crippen LogP contribution is 2.20. The molecule has 2 aromatic rings. The van der Waals surface area contributed by atoms with Gasteiger partial charge in [0, 0.05) is 17.5 Å². The summed E-state index contributed by atoms with van der Waals surface area (Å²) in [5, 5.41) is 7.48. The smallest absolute Gasteiger partial charge is 0.247 e. The predicted molar refractivity (Wildman–Crippen MR) is 77.6 cm³/mol. The third-order valence-corrected chi connectivity index (χ3v) is 5.19. The van der Waals surface area contributed by atoms with E-state index < -0.39 is 27.6 Å². The average Bonchev–Trinajstić information content (AvgIpc) is 2.83. The number of nitrogens with two attached hydrogens (primary N) is 1. The number of carbonyl (C=O) groups is 1. The van der Waals surface area contributed by atoms with Crippen molar-refractivity contribution in [1.82, 2.24) is 5.32 Å². The van der Waals surface area contributed by atoms with Crippen LogP contribution in [0.5, 0.6) is 0 Å². The highest BCUT2D eigenvalue weighted by Gasteiger charge is 2.13. The largest absolute Gasteiger partial charge is 0.352 e. The number of hydrogen-bond donors (Lipinski definition) is 2. The average molecular weight is 346 g/mol. The van der Waals surface area contributed by atoms with Crippen molar-refractivity contribution < 1.29 is 22.0 Å². The molecule has 0 spiro atoms. The molecule has 118 valence electrons. The molecule has 1 amide bonds. The van der Waals surface area contributed by atoms with Crippen LogP contribution in [0.4, 0.5) is 8.78 Å². The zero-order valence-corrected chi connectivity index (χ0v) is 12.8. The summed E-state index contributed by atoms with van der Waals surface area (Å²) in [4.78, 5) is 12.3. The summed E-state index contributed by atoms with van der Waals surface area (Å²) in [6.45, 7) is -0.0269. The number of thiophene rings is 1. The van der Waals surface area contributed by atoms with Gasteiger partial charge in [0.15, 0.2) is 0 Å². The molecule has 3 N–H and O–H groups in total. The Morgan fingerprint density at radius 3 is 2.36 bits per heavy atom. The van der Waals surface area contributed by atoms with Crippen LogP contribution in [0.1, 0.15) is 10.4 Å². The molecule has 5 nitrogen and oxygen atoms in total. The van der Waals surface area contributed by atoms with E-state index >= 15 is 0 Å². The van der Waals surface area contributed by atoms with Gasteiger partial charge in [0.05, 0.1) is 6.42 Å². The third-order valence-electron chi connectivity index (χ3n) is 2.66. The molecule has 0 fully saturated rings. The highest BCUT2D eigenvalue weighted by molar-refractivity contribution is 7.91. The van der Waals surface area contributed by atoms with Gasteiger partial charge in [0.25, 0.3) is 0 Å². The van der Waals surface area contributed by atoms with E-state index in [1.807, 2.05) is 0 Å². The zero-order chi connectivity index (χ0) is 16.3. The van der Waals surface area contributed by atoms with E-state index in [1.54, 1.807) is 0 Å². The van der Waals surface area contributed by atoms with Crippen molar-refractivity contribution in [2.75, 3.05) is 0 Å². The van der Waals surface area contributed by atoms with E-state index in [2.05, 4.69) is 5.32 Å². The Balaban J connectivity index is 1.94. The monoisotopic (exact) mass is 346 g/mol. The van der Waals surface area contributed by atoms with Crippen LogP contribution in [0.3, 0.4) is 0 Å². The van der Waals surface area contributed by atoms with Crippen LogP contribution in [-0.2, 0) is 27.8 Å². The van der Waals surface area contributed by atoms with Gasteiger partial charge >= 0.3 is 0 Å². The first-order valence-electron chi connectivity index (χ1n) is 6.07. The molecule has 1 aromatic heterocycles. The van der Waals surface area contributed by atoms with Gasteiger partial charge < -0.3 is 5.32 Å². The zero-order valence-electron chi connectivity index (χ0n) is 11.2. The number of amides is 1. The van der Waals surface area contributed by atoms with Gasteiger partial charge in [-0.15, -0.1) is 11.3 Å². The lowest BCUT2D eigenvalue weighted by Gasteiger charge is -2.05. The summed E-state index contributed by atoms with van der Waals surface area (Å²) in [5.41, 5.74) is 0.294. The van der Waals surface area contributed by atoms with E-state index in [4.69, 9.17) is 5.14 Å². The van der Waals surface area contributed by atoms with E-state index in [1.165, 1.54) is 12.1 Å². The summed E-state index contributed by atoms with van der Waals surface area (Å²) in [5.74, 6) is -1.84. The topological polar surface area (TPSA) is 89.3 Å². The summed E-state index contributed by atoms with van der Waals surface area (Å²) < 4.78 is 48.2. The van der Waals surface area contributed by atoms with Crippen LogP contribution in [-0.4, -0.2) is 14.3 Å². The minimum Gasteiger partial charge on any atom is -0.352 e. The lowest BCUT2D eigenvalue weighted by atomic mass is 10.2. The SMILES string of the molecule is NS(=O)(=O)c1ccc(CC(=O)NCc2cc(F)cc(F)c2)s1. The number of rotatable bonds is 5. The van der Waals surface area contributed by atoms with Crippen LogP contribution in [0.2, 0.25) is 0 Å². The number of primary sulfonamides is 1. The number of hydrogen-bond acceptors (Lipinski definition) is 4. The molecule has 1 aromatic carbocycles. The molecule has 22 heavy (non-hydrogen) atoms. The second kappa shape index (κ2) is 6.51. The minimum atomic E-state index is -3.78.